The predicted octanol–water partition coefficient (Wildman–Crippen LogP) is 2.34. The van der Waals surface area contributed by atoms with E-state index in [1.165, 1.54) is 10.6 Å². The van der Waals surface area contributed by atoms with Gasteiger partial charge >= 0.3 is 6.03 Å². The molecule has 1 aromatic carbocycles. The van der Waals surface area contributed by atoms with Gasteiger partial charge in [0.1, 0.15) is 5.82 Å². The summed E-state index contributed by atoms with van der Waals surface area (Å²) >= 11 is 0. The Kier molecular flexibility index (Phi) is 6.81. The highest BCUT2D eigenvalue weighted by Crippen LogP contribution is 2.31. The van der Waals surface area contributed by atoms with Gasteiger partial charge < -0.3 is 20.3 Å². The Hall–Kier alpha value is -3.61. The van der Waals surface area contributed by atoms with Crippen molar-refractivity contribution in [1.82, 2.24) is 19.3 Å². The van der Waals surface area contributed by atoms with E-state index >= 15 is 0 Å². The number of pyridine rings is 1. The highest BCUT2D eigenvalue weighted by Gasteiger charge is 2.30. The number of urea groups is 1. The minimum absolute atomic E-state index is 0.260. The first-order chi connectivity index (χ1) is 17.4. The third-order valence-corrected chi connectivity index (χ3v) is 7.35. The molecule has 1 fully saturated rings. The number of hydrogen-bond donors (Lipinski definition) is 2. The number of anilines is 3. The average Bonchev–Trinajstić information content (AvgIpc) is 2.88. The molecular weight excluding hydrogens is 482 g/mol. The number of hydrogen-bond acceptors (Lipinski definition) is 8. The van der Waals surface area contributed by atoms with Crippen molar-refractivity contribution < 1.29 is 17.9 Å². The van der Waals surface area contributed by atoms with Gasteiger partial charge in [0.05, 0.1) is 37.0 Å². The van der Waals surface area contributed by atoms with Crippen LogP contribution in [0.4, 0.5) is 22.0 Å². The number of benzene rings is 1. The molecule has 0 bridgehead atoms. The zero-order chi connectivity index (χ0) is 25.1. The van der Waals surface area contributed by atoms with E-state index in [1.54, 1.807) is 36.7 Å². The number of rotatable bonds is 5. The molecule has 2 aliphatic rings. The second-order valence-corrected chi connectivity index (χ2v) is 10.6. The van der Waals surface area contributed by atoms with E-state index in [0.717, 1.165) is 22.6 Å². The number of ether oxygens (including phenoxy) is 1. The smallest absolute Gasteiger partial charge is 0.323 e. The van der Waals surface area contributed by atoms with E-state index in [0.29, 0.717) is 56.5 Å². The molecule has 12 heteroatoms. The normalized spacial score (nSPS) is 16.3. The number of sulfonamides is 1. The van der Waals surface area contributed by atoms with E-state index in [1.807, 2.05) is 12.1 Å². The number of nitrogens with zero attached hydrogens (tertiary/aromatic N) is 5. The van der Waals surface area contributed by atoms with Crippen LogP contribution in [0.5, 0.6) is 0 Å². The van der Waals surface area contributed by atoms with Crippen molar-refractivity contribution in [3.05, 3.63) is 60.0 Å². The Labute approximate surface area is 209 Å². The summed E-state index contributed by atoms with van der Waals surface area (Å²) in [5.41, 5.74) is 3.73. The Morgan fingerprint density at radius 2 is 1.75 bits per heavy atom. The molecule has 2 N–H and O–H groups in total. The molecule has 2 aliphatic heterocycles. The number of amides is 2. The Balaban J connectivity index is 1.39. The lowest BCUT2D eigenvalue weighted by Crippen LogP contribution is -2.41. The number of carbonyl (C=O) groups is 1. The van der Waals surface area contributed by atoms with Crippen LogP contribution in [-0.2, 0) is 27.7 Å². The van der Waals surface area contributed by atoms with Crippen LogP contribution in [0.2, 0.25) is 0 Å². The largest absolute Gasteiger partial charge is 0.378 e. The van der Waals surface area contributed by atoms with Crippen LogP contribution in [0.15, 0.2) is 48.8 Å². The second-order valence-electron chi connectivity index (χ2n) is 8.64. The lowest BCUT2D eigenvalue weighted by molar-refractivity contribution is 0.122. The van der Waals surface area contributed by atoms with Gasteiger partial charge in [0.15, 0.2) is 5.82 Å². The third-order valence-electron chi connectivity index (χ3n) is 6.10. The summed E-state index contributed by atoms with van der Waals surface area (Å²) < 4.78 is 31.4. The topological polar surface area (TPSA) is 130 Å². The highest BCUT2D eigenvalue weighted by molar-refractivity contribution is 7.88. The Morgan fingerprint density at radius 1 is 1.00 bits per heavy atom. The van der Waals surface area contributed by atoms with Crippen molar-refractivity contribution in [3.8, 4) is 11.4 Å². The van der Waals surface area contributed by atoms with Gasteiger partial charge in [-0.15, -0.1) is 0 Å². The maximum Gasteiger partial charge on any atom is 0.323 e. The van der Waals surface area contributed by atoms with E-state index < -0.39 is 10.0 Å². The van der Waals surface area contributed by atoms with Gasteiger partial charge in [-0.3, -0.25) is 4.98 Å². The zero-order valence-corrected chi connectivity index (χ0v) is 20.7. The van der Waals surface area contributed by atoms with Gasteiger partial charge in [-0.05, 0) is 36.4 Å². The number of aromatic nitrogens is 3. The van der Waals surface area contributed by atoms with Crippen molar-refractivity contribution in [2.75, 3.05) is 54.6 Å². The summed E-state index contributed by atoms with van der Waals surface area (Å²) in [5.74, 6) is 1.32. The molecule has 2 aromatic heterocycles. The number of morpholine rings is 1. The van der Waals surface area contributed by atoms with Crippen LogP contribution in [0.3, 0.4) is 0 Å². The van der Waals surface area contributed by atoms with Gasteiger partial charge in [-0.2, -0.15) is 4.31 Å². The van der Waals surface area contributed by atoms with Gasteiger partial charge in [-0.25, -0.2) is 23.2 Å². The molecule has 0 radical (unpaired) electrons. The molecule has 36 heavy (non-hydrogen) atoms. The molecule has 188 valence electrons. The minimum atomic E-state index is -3.32. The number of fused-ring (bicyclic) bond motifs is 1. The molecule has 0 unspecified atom stereocenters. The molecule has 5 rings (SSSR count). The van der Waals surface area contributed by atoms with Crippen LogP contribution in [0.25, 0.3) is 11.4 Å². The van der Waals surface area contributed by atoms with Crippen LogP contribution in [0.1, 0.15) is 11.3 Å². The van der Waals surface area contributed by atoms with Gasteiger partial charge in [0, 0.05) is 55.6 Å². The minimum Gasteiger partial charge on any atom is -0.378 e. The molecule has 2 amide bonds. The lowest BCUT2D eigenvalue weighted by Gasteiger charge is -2.33. The Bertz CT molecular complexity index is 1340. The number of nitrogens with one attached hydrogen (secondary N) is 2. The summed E-state index contributed by atoms with van der Waals surface area (Å²) in [5, 5.41) is 5.53. The molecule has 1 saturated heterocycles. The van der Waals surface area contributed by atoms with Crippen molar-refractivity contribution in [3.63, 3.8) is 0 Å². The standard InChI is InChI=1S/C24H27N7O4S/c1-36(33,34)31-10-8-21-20(16-31)23(30-11-13-35-14-12-30)29-22(28-21)17-4-6-18(7-5-17)26-24(32)27-19-3-2-9-25-15-19/h2-7,9,15H,8,10-14,16H2,1H3,(H2,26,27,32). The summed E-state index contributed by atoms with van der Waals surface area (Å²) in [6, 6.07) is 10.4. The first-order valence-corrected chi connectivity index (χ1v) is 13.5. The molecule has 0 aliphatic carbocycles. The number of carbonyl (C=O) groups excluding carboxylic acids is 1. The molecule has 3 aromatic rings. The van der Waals surface area contributed by atoms with Gasteiger partial charge in [0.25, 0.3) is 0 Å². The summed E-state index contributed by atoms with van der Waals surface area (Å²) in [7, 11) is -3.32. The van der Waals surface area contributed by atoms with Crippen LogP contribution >= 0.6 is 0 Å². The van der Waals surface area contributed by atoms with E-state index in [2.05, 4.69) is 20.5 Å². The maximum absolute atomic E-state index is 12.3. The van der Waals surface area contributed by atoms with Gasteiger partial charge in [0.2, 0.25) is 10.0 Å². The molecular formula is C24H27N7O4S. The first-order valence-electron chi connectivity index (χ1n) is 11.6. The predicted molar refractivity (Wildman–Crippen MR) is 136 cm³/mol. The first kappa shape index (κ1) is 24.1. The zero-order valence-electron chi connectivity index (χ0n) is 19.8. The molecule has 0 saturated carbocycles. The van der Waals surface area contributed by atoms with E-state index in [-0.39, 0.29) is 12.6 Å². The van der Waals surface area contributed by atoms with Crippen LogP contribution in [-0.4, -0.2) is 72.8 Å². The summed E-state index contributed by atoms with van der Waals surface area (Å²) in [6.45, 7) is 3.18. The summed E-state index contributed by atoms with van der Waals surface area (Å²) in [4.78, 5) is 28.1. The van der Waals surface area contributed by atoms with Crippen molar-refractivity contribution in [2.24, 2.45) is 0 Å². The quantitative estimate of drug-likeness (QED) is 0.536. The van der Waals surface area contributed by atoms with Crippen molar-refractivity contribution in [1.29, 1.82) is 0 Å². The SMILES string of the molecule is CS(=O)(=O)N1CCc2nc(-c3ccc(NC(=O)Nc4cccnc4)cc3)nc(N3CCOCC3)c2C1. The van der Waals surface area contributed by atoms with Crippen LogP contribution < -0.4 is 15.5 Å². The van der Waals surface area contributed by atoms with Crippen LogP contribution in [0, 0.1) is 0 Å². The molecule has 0 spiro atoms. The fraction of sp³-hybridized carbons (Fsp3) is 0.333. The monoisotopic (exact) mass is 509 g/mol. The lowest BCUT2D eigenvalue weighted by atomic mass is 10.1. The fourth-order valence-corrected chi connectivity index (χ4v) is 5.04. The van der Waals surface area contributed by atoms with E-state index in [4.69, 9.17) is 14.7 Å². The second kappa shape index (κ2) is 10.2. The summed E-state index contributed by atoms with van der Waals surface area (Å²) in [6.07, 6.45) is 4.95. The van der Waals surface area contributed by atoms with E-state index in [9.17, 15) is 13.2 Å². The highest BCUT2D eigenvalue weighted by atomic mass is 32.2. The molecule has 11 nitrogen and oxygen atoms in total. The fourth-order valence-electron chi connectivity index (χ4n) is 4.25. The Morgan fingerprint density at radius 3 is 2.44 bits per heavy atom. The van der Waals surface area contributed by atoms with Crippen molar-refractivity contribution in [2.45, 2.75) is 13.0 Å². The third kappa shape index (κ3) is 5.45. The molecule has 0 atom stereocenters. The van der Waals surface area contributed by atoms with Crippen molar-refractivity contribution >= 4 is 33.2 Å². The van der Waals surface area contributed by atoms with Gasteiger partial charge in [-0.1, -0.05) is 0 Å². The maximum atomic E-state index is 12.3. The molecule has 4 heterocycles. The average molecular weight is 510 g/mol.